The summed E-state index contributed by atoms with van der Waals surface area (Å²) in [5.74, 6) is -0.970. The van der Waals surface area contributed by atoms with Crippen LogP contribution in [-0.2, 0) is 0 Å². The summed E-state index contributed by atoms with van der Waals surface area (Å²) in [5.41, 5.74) is 1.03. The van der Waals surface area contributed by atoms with E-state index in [9.17, 15) is 4.79 Å². The Morgan fingerprint density at radius 1 is 1.11 bits per heavy atom. The molecule has 0 aliphatic carbocycles. The van der Waals surface area contributed by atoms with Crippen LogP contribution in [-0.4, -0.2) is 20.9 Å². The summed E-state index contributed by atoms with van der Waals surface area (Å²) in [5, 5.41) is 15.2. The summed E-state index contributed by atoms with van der Waals surface area (Å²) in [6.07, 6.45) is 2.85. The van der Waals surface area contributed by atoms with Crippen molar-refractivity contribution in [3.05, 3.63) is 60.4 Å². The SMILES string of the molecule is O=C(O)c1cnn(-c2ccc3ccccc3c2)c1. The Labute approximate surface area is 103 Å². The predicted molar refractivity (Wildman–Crippen MR) is 68.0 cm³/mol. The van der Waals surface area contributed by atoms with Crippen LogP contribution in [0.1, 0.15) is 10.4 Å². The first-order chi connectivity index (χ1) is 8.74. The molecule has 18 heavy (non-hydrogen) atoms. The average Bonchev–Trinajstić information content (AvgIpc) is 2.88. The molecule has 3 rings (SSSR count). The van der Waals surface area contributed by atoms with Gasteiger partial charge in [-0.3, -0.25) is 0 Å². The smallest absolute Gasteiger partial charge is 0.338 e. The molecule has 0 aliphatic heterocycles. The lowest BCUT2D eigenvalue weighted by Crippen LogP contribution is -1.95. The molecule has 0 radical (unpaired) electrons. The lowest BCUT2D eigenvalue weighted by atomic mass is 10.1. The molecule has 88 valence electrons. The lowest BCUT2D eigenvalue weighted by molar-refractivity contribution is 0.0697. The zero-order chi connectivity index (χ0) is 12.5. The second-order valence-electron chi connectivity index (χ2n) is 4.01. The Kier molecular flexibility index (Phi) is 2.34. The molecule has 0 saturated carbocycles. The number of hydrogen-bond acceptors (Lipinski definition) is 2. The van der Waals surface area contributed by atoms with E-state index in [1.807, 2.05) is 42.5 Å². The third-order valence-corrected chi connectivity index (χ3v) is 2.83. The van der Waals surface area contributed by atoms with Gasteiger partial charge in [0.05, 0.1) is 17.4 Å². The van der Waals surface area contributed by atoms with E-state index in [0.717, 1.165) is 16.5 Å². The van der Waals surface area contributed by atoms with E-state index in [1.165, 1.54) is 12.4 Å². The third kappa shape index (κ3) is 1.73. The Hall–Kier alpha value is -2.62. The molecule has 4 heteroatoms. The molecule has 0 amide bonds. The fourth-order valence-corrected chi connectivity index (χ4v) is 1.89. The molecule has 0 saturated heterocycles. The van der Waals surface area contributed by atoms with Gasteiger partial charge in [0.15, 0.2) is 0 Å². The predicted octanol–water partition coefficient (Wildman–Crippen LogP) is 2.72. The number of hydrogen-bond donors (Lipinski definition) is 1. The number of rotatable bonds is 2. The highest BCUT2D eigenvalue weighted by atomic mass is 16.4. The van der Waals surface area contributed by atoms with Gasteiger partial charge in [0, 0.05) is 6.20 Å². The van der Waals surface area contributed by atoms with Gasteiger partial charge >= 0.3 is 5.97 Å². The summed E-state index contributed by atoms with van der Waals surface area (Å²) in [6, 6.07) is 13.9. The maximum Gasteiger partial charge on any atom is 0.338 e. The van der Waals surface area contributed by atoms with Gasteiger partial charge in [-0.05, 0) is 22.9 Å². The molecule has 4 nitrogen and oxygen atoms in total. The highest BCUT2D eigenvalue weighted by Crippen LogP contribution is 2.18. The number of nitrogens with zero attached hydrogens (tertiary/aromatic N) is 2. The van der Waals surface area contributed by atoms with Crippen LogP contribution >= 0.6 is 0 Å². The zero-order valence-electron chi connectivity index (χ0n) is 9.45. The van der Waals surface area contributed by atoms with Crippen LogP contribution in [0.15, 0.2) is 54.9 Å². The van der Waals surface area contributed by atoms with Gasteiger partial charge in [0.1, 0.15) is 0 Å². The van der Waals surface area contributed by atoms with Crippen molar-refractivity contribution in [3.8, 4) is 5.69 Å². The van der Waals surface area contributed by atoms with Crippen molar-refractivity contribution in [3.63, 3.8) is 0 Å². The van der Waals surface area contributed by atoms with Gasteiger partial charge in [-0.25, -0.2) is 9.48 Å². The number of aromatic carboxylic acids is 1. The van der Waals surface area contributed by atoms with Crippen molar-refractivity contribution in [2.45, 2.75) is 0 Å². The molecular weight excluding hydrogens is 228 g/mol. The first kappa shape index (κ1) is 10.5. The Balaban J connectivity index is 2.10. The highest BCUT2D eigenvalue weighted by molar-refractivity contribution is 5.87. The normalized spacial score (nSPS) is 10.7. The number of carboxylic acid groups (broad SMARTS) is 1. The van der Waals surface area contributed by atoms with Crippen LogP contribution in [0.2, 0.25) is 0 Å². The van der Waals surface area contributed by atoms with Crippen molar-refractivity contribution < 1.29 is 9.90 Å². The van der Waals surface area contributed by atoms with Crippen LogP contribution in [0.25, 0.3) is 16.5 Å². The number of benzene rings is 2. The van der Waals surface area contributed by atoms with Gasteiger partial charge in [-0.2, -0.15) is 5.10 Å². The topological polar surface area (TPSA) is 55.1 Å². The molecule has 0 spiro atoms. The summed E-state index contributed by atoms with van der Waals surface area (Å²) in [4.78, 5) is 10.8. The maximum atomic E-state index is 10.8. The van der Waals surface area contributed by atoms with Crippen molar-refractivity contribution in [2.24, 2.45) is 0 Å². The van der Waals surface area contributed by atoms with Gasteiger partial charge in [0.25, 0.3) is 0 Å². The minimum absolute atomic E-state index is 0.183. The summed E-state index contributed by atoms with van der Waals surface area (Å²) < 4.78 is 1.57. The molecule has 0 unspecified atom stereocenters. The Morgan fingerprint density at radius 2 is 1.89 bits per heavy atom. The van der Waals surface area contributed by atoms with E-state index < -0.39 is 5.97 Å². The molecule has 1 N–H and O–H groups in total. The van der Waals surface area contributed by atoms with E-state index in [0.29, 0.717) is 0 Å². The minimum Gasteiger partial charge on any atom is -0.478 e. The van der Waals surface area contributed by atoms with Crippen LogP contribution in [0.5, 0.6) is 0 Å². The number of carboxylic acids is 1. The van der Waals surface area contributed by atoms with Gasteiger partial charge in [0.2, 0.25) is 0 Å². The number of carbonyl (C=O) groups is 1. The Bertz CT molecular complexity index is 731. The van der Waals surface area contributed by atoms with Crippen molar-refractivity contribution in [2.75, 3.05) is 0 Å². The Morgan fingerprint density at radius 3 is 2.61 bits per heavy atom. The van der Waals surface area contributed by atoms with Gasteiger partial charge in [-0.1, -0.05) is 30.3 Å². The van der Waals surface area contributed by atoms with Gasteiger partial charge in [-0.15, -0.1) is 0 Å². The van der Waals surface area contributed by atoms with Crippen LogP contribution in [0.3, 0.4) is 0 Å². The molecular formula is C14H10N2O2. The first-order valence-corrected chi connectivity index (χ1v) is 5.51. The quantitative estimate of drug-likeness (QED) is 0.746. The van der Waals surface area contributed by atoms with Gasteiger partial charge < -0.3 is 5.11 Å². The highest BCUT2D eigenvalue weighted by Gasteiger charge is 2.07. The van der Waals surface area contributed by atoms with Crippen molar-refractivity contribution >= 4 is 16.7 Å². The van der Waals surface area contributed by atoms with Crippen LogP contribution < -0.4 is 0 Å². The van der Waals surface area contributed by atoms with Crippen LogP contribution in [0, 0.1) is 0 Å². The van der Waals surface area contributed by atoms with Crippen molar-refractivity contribution in [1.29, 1.82) is 0 Å². The summed E-state index contributed by atoms with van der Waals surface area (Å²) in [7, 11) is 0. The second kappa shape index (κ2) is 4.00. The molecule has 0 fully saturated rings. The largest absolute Gasteiger partial charge is 0.478 e. The van der Waals surface area contributed by atoms with E-state index in [1.54, 1.807) is 4.68 Å². The number of fused-ring (bicyclic) bond motifs is 1. The average molecular weight is 238 g/mol. The summed E-state index contributed by atoms with van der Waals surface area (Å²) >= 11 is 0. The third-order valence-electron chi connectivity index (χ3n) is 2.83. The van der Waals surface area contributed by atoms with Crippen LogP contribution in [0.4, 0.5) is 0 Å². The fourth-order valence-electron chi connectivity index (χ4n) is 1.89. The van der Waals surface area contributed by atoms with Crippen molar-refractivity contribution in [1.82, 2.24) is 9.78 Å². The second-order valence-corrected chi connectivity index (χ2v) is 4.01. The molecule has 0 atom stereocenters. The molecule has 0 bridgehead atoms. The van der Waals surface area contributed by atoms with E-state index in [4.69, 9.17) is 5.11 Å². The van der Waals surface area contributed by atoms with E-state index in [-0.39, 0.29) is 5.56 Å². The monoisotopic (exact) mass is 238 g/mol. The molecule has 2 aromatic carbocycles. The molecule has 1 aromatic heterocycles. The molecule has 3 aromatic rings. The zero-order valence-corrected chi connectivity index (χ0v) is 9.45. The fraction of sp³-hybridized carbons (Fsp3) is 0. The molecule has 0 aliphatic rings. The summed E-state index contributed by atoms with van der Waals surface area (Å²) in [6.45, 7) is 0. The van der Waals surface area contributed by atoms with E-state index >= 15 is 0 Å². The molecule has 1 heterocycles. The van der Waals surface area contributed by atoms with E-state index in [2.05, 4.69) is 5.10 Å². The lowest BCUT2D eigenvalue weighted by Gasteiger charge is -2.03. The minimum atomic E-state index is -0.970. The number of aromatic nitrogens is 2. The standard InChI is InChI=1S/C14H10N2O2/c17-14(18)12-8-15-16(9-12)13-6-5-10-3-1-2-4-11(10)7-13/h1-9H,(H,17,18). The first-order valence-electron chi connectivity index (χ1n) is 5.51. The maximum absolute atomic E-state index is 10.8.